The molecule has 3 saturated carbocycles. The third-order valence-electron chi connectivity index (χ3n) is 7.83. The van der Waals surface area contributed by atoms with Gasteiger partial charge in [0.2, 0.25) is 5.79 Å². The first kappa shape index (κ1) is 14.6. The molecule has 2 aliphatic heterocycles. The number of rotatable bonds is 1. The number of hydrogen-bond acceptors (Lipinski definition) is 5. The van der Waals surface area contributed by atoms with E-state index in [0.717, 1.165) is 17.8 Å². The second kappa shape index (κ2) is 3.76. The third-order valence-corrected chi connectivity index (χ3v) is 7.83. The first-order valence-corrected chi connectivity index (χ1v) is 9.13. The molecule has 6 rings (SSSR count). The van der Waals surface area contributed by atoms with Crippen molar-refractivity contribution in [3.63, 3.8) is 0 Å². The number of para-hydroxylation sites is 1. The molecule has 0 aromatic heterocycles. The van der Waals surface area contributed by atoms with Gasteiger partial charge in [-0.05, 0) is 37.7 Å². The van der Waals surface area contributed by atoms with Crippen LogP contribution in [0.2, 0.25) is 0 Å². The van der Waals surface area contributed by atoms with Crippen LogP contribution in [0.15, 0.2) is 18.2 Å². The monoisotopic (exact) mass is 340 g/mol. The minimum absolute atomic E-state index is 0.175. The Morgan fingerprint density at radius 3 is 2.60 bits per heavy atom. The molecule has 0 amide bonds. The normalized spacial score (nSPS) is 47.2. The minimum atomic E-state index is -0.994. The topological polar surface area (TPSA) is 54.0 Å². The van der Waals surface area contributed by atoms with E-state index in [4.69, 9.17) is 18.8 Å². The van der Waals surface area contributed by atoms with E-state index in [0.29, 0.717) is 17.2 Å². The molecule has 1 saturated heterocycles. The van der Waals surface area contributed by atoms with Crippen molar-refractivity contribution in [2.75, 3.05) is 0 Å². The summed E-state index contributed by atoms with van der Waals surface area (Å²) in [6, 6.07) is 5.50. The van der Waals surface area contributed by atoms with Gasteiger partial charge >= 0.3 is 13.1 Å². The largest absolute Gasteiger partial charge is 0.498 e. The van der Waals surface area contributed by atoms with E-state index < -0.39 is 12.9 Å². The Hall–Kier alpha value is -1.53. The molecule has 130 valence electrons. The minimum Gasteiger partial charge on any atom is -0.452 e. The van der Waals surface area contributed by atoms with Gasteiger partial charge in [0, 0.05) is 24.7 Å². The summed E-state index contributed by atoms with van der Waals surface area (Å²) in [6.07, 6.45) is 2.32. The molecule has 5 aliphatic rings. The van der Waals surface area contributed by atoms with Crippen LogP contribution in [0, 0.1) is 17.3 Å². The van der Waals surface area contributed by atoms with Crippen molar-refractivity contribution < 1.29 is 23.6 Å². The van der Waals surface area contributed by atoms with Gasteiger partial charge in [0.15, 0.2) is 0 Å². The molecule has 2 unspecified atom stereocenters. The quantitative estimate of drug-likeness (QED) is 0.580. The van der Waals surface area contributed by atoms with E-state index in [2.05, 4.69) is 13.8 Å². The van der Waals surface area contributed by atoms with Crippen molar-refractivity contribution in [2.45, 2.75) is 57.5 Å². The molecule has 5 nitrogen and oxygen atoms in total. The highest BCUT2D eigenvalue weighted by atomic mass is 16.7. The number of benzene rings is 1. The summed E-state index contributed by atoms with van der Waals surface area (Å²) in [5, 5.41) is 0. The molecule has 0 bridgehead atoms. The van der Waals surface area contributed by atoms with Gasteiger partial charge in [-0.25, -0.2) is 4.79 Å². The Kier molecular flexibility index (Phi) is 2.20. The standard InChI is InChI=1S/C19H21BO5/c1-16(2)22-14-11(15(21)23-16)6-5-7-12(14)20-24-18(4)13-8-10-9-19(18,25-20)17(10,13)3/h5-7,10,13H,8-9H2,1-4H3/t10-,13?,17+,18-,19?/m0/s1. The number of esters is 1. The Morgan fingerprint density at radius 2 is 1.92 bits per heavy atom. The fraction of sp³-hybridized carbons (Fsp3) is 0.632. The van der Waals surface area contributed by atoms with Crippen LogP contribution in [-0.2, 0) is 14.0 Å². The van der Waals surface area contributed by atoms with E-state index in [1.165, 1.54) is 6.42 Å². The lowest BCUT2D eigenvalue weighted by molar-refractivity contribution is -0.429. The van der Waals surface area contributed by atoms with Crippen molar-refractivity contribution >= 4 is 18.6 Å². The van der Waals surface area contributed by atoms with Crippen LogP contribution in [-0.4, -0.2) is 30.1 Å². The van der Waals surface area contributed by atoms with Gasteiger partial charge in [-0.1, -0.05) is 19.1 Å². The van der Waals surface area contributed by atoms with Crippen molar-refractivity contribution in [1.29, 1.82) is 0 Å². The molecule has 1 aromatic rings. The summed E-state index contributed by atoms with van der Waals surface area (Å²) in [6.45, 7) is 8.02. The molecule has 0 radical (unpaired) electrons. The number of ether oxygens (including phenoxy) is 2. The summed E-state index contributed by atoms with van der Waals surface area (Å²) in [7, 11) is -0.495. The average molecular weight is 340 g/mol. The summed E-state index contributed by atoms with van der Waals surface area (Å²) in [4.78, 5) is 12.3. The Balaban J connectivity index is 1.43. The number of hydrogen-bond donors (Lipinski definition) is 0. The van der Waals surface area contributed by atoms with Crippen LogP contribution in [0.5, 0.6) is 5.75 Å². The van der Waals surface area contributed by atoms with Crippen molar-refractivity contribution in [1.82, 2.24) is 0 Å². The average Bonchev–Trinajstić information content (AvgIpc) is 2.86. The maximum Gasteiger partial charge on any atom is 0.498 e. The second-order valence-electron chi connectivity index (χ2n) is 9.09. The van der Waals surface area contributed by atoms with Gasteiger partial charge in [-0.2, -0.15) is 0 Å². The lowest BCUT2D eigenvalue weighted by Gasteiger charge is -2.87. The highest BCUT2D eigenvalue weighted by molar-refractivity contribution is 6.63. The van der Waals surface area contributed by atoms with E-state index in [1.807, 2.05) is 12.1 Å². The Bertz CT molecular complexity index is 852. The molecule has 5 atom stereocenters. The summed E-state index contributed by atoms with van der Waals surface area (Å²) in [5.74, 6) is 0.526. The van der Waals surface area contributed by atoms with E-state index >= 15 is 0 Å². The summed E-state index contributed by atoms with van der Waals surface area (Å²) < 4.78 is 24.4. The molecule has 1 spiro atoms. The van der Waals surface area contributed by atoms with Crippen LogP contribution < -0.4 is 10.2 Å². The van der Waals surface area contributed by atoms with Gasteiger partial charge in [0.05, 0.1) is 11.2 Å². The molecule has 2 heterocycles. The SMILES string of the molecule is CC1(C)OC(=O)c2cccc(B3OC45C[C@@H]6CC([C@]4(C)O3)[C@@]65C)c2O1. The molecule has 25 heavy (non-hydrogen) atoms. The smallest absolute Gasteiger partial charge is 0.452 e. The third kappa shape index (κ3) is 1.29. The second-order valence-corrected chi connectivity index (χ2v) is 9.09. The Morgan fingerprint density at radius 1 is 1.12 bits per heavy atom. The van der Waals surface area contributed by atoms with E-state index in [-0.39, 0.29) is 22.6 Å². The van der Waals surface area contributed by atoms with Crippen LogP contribution in [0.4, 0.5) is 0 Å². The zero-order chi connectivity index (χ0) is 17.4. The lowest BCUT2D eigenvalue weighted by atomic mass is 9.21. The van der Waals surface area contributed by atoms with Gasteiger partial charge in [0.1, 0.15) is 11.3 Å². The molecule has 1 aromatic carbocycles. The Labute approximate surface area is 147 Å². The van der Waals surface area contributed by atoms with Crippen LogP contribution in [0.1, 0.15) is 50.9 Å². The molecule has 3 aliphatic carbocycles. The fourth-order valence-corrected chi connectivity index (χ4v) is 6.56. The van der Waals surface area contributed by atoms with Gasteiger partial charge in [-0.15, -0.1) is 0 Å². The van der Waals surface area contributed by atoms with E-state index in [9.17, 15) is 4.79 Å². The van der Waals surface area contributed by atoms with Crippen molar-refractivity contribution in [3.05, 3.63) is 23.8 Å². The zero-order valence-electron chi connectivity index (χ0n) is 14.9. The van der Waals surface area contributed by atoms with Crippen molar-refractivity contribution in [2.24, 2.45) is 17.3 Å². The van der Waals surface area contributed by atoms with E-state index in [1.54, 1.807) is 19.9 Å². The number of carbonyl (C=O) groups is 1. The fourth-order valence-electron chi connectivity index (χ4n) is 6.56. The summed E-state index contributed by atoms with van der Waals surface area (Å²) >= 11 is 0. The molecular weight excluding hydrogens is 319 g/mol. The first-order valence-electron chi connectivity index (χ1n) is 9.13. The molecular formula is C19H21BO5. The zero-order valence-corrected chi connectivity index (χ0v) is 14.9. The molecule has 6 heteroatoms. The van der Waals surface area contributed by atoms with Crippen LogP contribution in [0.25, 0.3) is 0 Å². The van der Waals surface area contributed by atoms with Crippen molar-refractivity contribution in [3.8, 4) is 5.75 Å². The summed E-state index contributed by atoms with van der Waals surface area (Å²) in [5.41, 5.74) is 1.09. The predicted molar refractivity (Wildman–Crippen MR) is 89.6 cm³/mol. The molecule has 4 fully saturated rings. The lowest BCUT2D eigenvalue weighted by Crippen LogP contribution is -2.92. The van der Waals surface area contributed by atoms with Gasteiger partial charge in [0.25, 0.3) is 0 Å². The van der Waals surface area contributed by atoms with Gasteiger partial charge in [-0.3, -0.25) is 0 Å². The number of cyclic esters (lactones) is 1. The number of fused-ring (bicyclic) bond motifs is 2. The number of carbonyl (C=O) groups excluding carboxylic acids is 1. The maximum atomic E-state index is 12.3. The van der Waals surface area contributed by atoms with Crippen LogP contribution >= 0.6 is 0 Å². The van der Waals surface area contributed by atoms with Gasteiger partial charge < -0.3 is 18.8 Å². The predicted octanol–water partition coefficient (Wildman–Crippen LogP) is 2.27. The molecule has 0 N–H and O–H groups in total. The highest BCUT2D eigenvalue weighted by Crippen LogP contribution is 2.87. The first-order chi connectivity index (χ1) is 11.7. The highest BCUT2D eigenvalue weighted by Gasteiger charge is 2.93. The maximum absolute atomic E-state index is 12.3. The van der Waals surface area contributed by atoms with Crippen LogP contribution in [0.3, 0.4) is 0 Å².